The van der Waals surface area contributed by atoms with Crippen molar-refractivity contribution in [3.05, 3.63) is 29.1 Å². The number of hydrogen-bond acceptors (Lipinski definition) is 1. The molecule has 1 heterocycles. The molecular formula is C13H12F6O. The maximum Gasteiger partial charge on any atom is 0.419 e. The van der Waals surface area contributed by atoms with E-state index in [0.29, 0.717) is 6.07 Å². The zero-order valence-corrected chi connectivity index (χ0v) is 10.7. The van der Waals surface area contributed by atoms with Crippen LogP contribution in [0.5, 0.6) is 5.75 Å². The van der Waals surface area contributed by atoms with E-state index >= 15 is 0 Å². The lowest BCUT2D eigenvalue weighted by atomic mass is 9.79. The van der Waals surface area contributed by atoms with Crippen molar-refractivity contribution in [2.24, 2.45) is 5.92 Å². The second-order valence-corrected chi connectivity index (χ2v) is 5.10. The average Bonchev–Trinajstić information content (AvgIpc) is 2.24. The van der Waals surface area contributed by atoms with Crippen LogP contribution < -0.4 is 4.74 Å². The molecule has 0 spiro atoms. The van der Waals surface area contributed by atoms with E-state index in [2.05, 4.69) is 0 Å². The Morgan fingerprint density at radius 2 is 1.85 bits per heavy atom. The van der Waals surface area contributed by atoms with Crippen molar-refractivity contribution >= 4 is 0 Å². The van der Waals surface area contributed by atoms with Gasteiger partial charge in [0, 0.05) is 5.56 Å². The van der Waals surface area contributed by atoms with Gasteiger partial charge in [-0.3, -0.25) is 0 Å². The predicted octanol–water partition coefficient (Wildman–Crippen LogP) is 4.61. The molecule has 1 aliphatic heterocycles. The molecule has 0 saturated heterocycles. The van der Waals surface area contributed by atoms with E-state index in [1.54, 1.807) is 0 Å². The monoisotopic (exact) mass is 298 g/mol. The number of ether oxygens (including phenoxy) is 1. The zero-order valence-electron chi connectivity index (χ0n) is 10.7. The molecule has 112 valence electrons. The molecule has 20 heavy (non-hydrogen) atoms. The number of halogens is 6. The van der Waals surface area contributed by atoms with Crippen LogP contribution in [0.25, 0.3) is 0 Å². The van der Waals surface area contributed by atoms with Crippen LogP contribution in [0, 0.1) is 11.7 Å². The van der Waals surface area contributed by atoms with Gasteiger partial charge in [-0.25, -0.2) is 13.2 Å². The summed E-state index contributed by atoms with van der Waals surface area (Å²) < 4.78 is 85.0. The molecule has 0 radical (unpaired) electrons. The Balaban J connectivity index is 2.76. The van der Waals surface area contributed by atoms with Gasteiger partial charge in [-0.15, -0.1) is 0 Å². The molecule has 0 amide bonds. The van der Waals surface area contributed by atoms with Crippen molar-refractivity contribution < 1.29 is 31.1 Å². The first kappa shape index (κ1) is 15.0. The van der Waals surface area contributed by atoms with Gasteiger partial charge in [-0.2, -0.15) is 13.2 Å². The molecule has 1 aromatic carbocycles. The minimum absolute atomic E-state index is 0.330. The van der Waals surface area contributed by atoms with Gasteiger partial charge >= 0.3 is 6.18 Å². The van der Waals surface area contributed by atoms with Gasteiger partial charge in [-0.05, 0) is 18.1 Å². The van der Waals surface area contributed by atoms with Gasteiger partial charge < -0.3 is 4.74 Å². The molecule has 0 N–H and O–H groups in total. The van der Waals surface area contributed by atoms with Crippen molar-refractivity contribution in [2.45, 2.75) is 31.9 Å². The Bertz CT molecular complexity index is 520. The highest BCUT2D eigenvalue weighted by molar-refractivity contribution is 5.48. The van der Waals surface area contributed by atoms with E-state index in [4.69, 9.17) is 4.74 Å². The standard InChI is InChI=1S/C13H12F6O/c1-6(2)10-9-8(20-5-12(10,15)16)4-3-7(14)11(9)13(17,18)19/h3-4,6,10H,5H2,1-2H3. The number of hydrogen-bond donors (Lipinski definition) is 0. The number of rotatable bonds is 1. The first-order valence-corrected chi connectivity index (χ1v) is 5.96. The van der Waals surface area contributed by atoms with Crippen molar-refractivity contribution in [3.63, 3.8) is 0 Å². The molecule has 1 nitrogen and oxygen atoms in total. The Labute approximate surface area is 111 Å². The molecular weight excluding hydrogens is 286 g/mol. The predicted molar refractivity (Wildman–Crippen MR) is 59.4 cm³/mol. The summed E-state index contributed by atoms with van der Waals surface area (Å²) in [6, 6.07) is 1.55. The Morgan fingerprint density at radius 3 is 2.35 bits per heavy atom. The van der Waals surface area contributed by atoms with Crippen LogP contribution in [-0.4, -0.2) is 12.5 Å². The van der Waals surface area contributed by atoms with Crippen LogP contribution in [0.2, 0.25) is 0 Å². The van der Waals surface area contributed by atoms with Crippen molar-refractivity contribution in [1.82, 2.24) is 0 Å². The van der Waals surface area contributed by atoms with Crippen LogP contribution in [0.3, 0.4) is 0 Å². The van der Waals surface area contributed by atoms with E-state index in [9.17, 15) is 26.3 Å². The minimum atomic E-state index is -5.06. The van der Waals surface area contributed by atoms with Gasteiger partial charge in [0.25, 0.3) is 5.92 Å². The van der Waals surface area contributed by atoms with E-state index < -0.39 is 47.5 Å². The molecule has 1 aliphatic rings. The molecule has 0 aromatic heterocycles. The summed E-state index contributed by atoms with van der Waals surface area (Å²) in [6.45, 7) is 1.74. The molecule has 0 aliphatic carbocycles. The van der Waals surface area contributed by atoms with E-state index in [0.717, 1.165) is 6.07 Å². The van der Waals surface area contributed by atoms with Crippen LogP contribution in [0.15, 0.2) is 12.1 Å². The molecule has 2 rings (SSSR count). The number of fused-ring (bicyclic) bond motifs is 1. The first-order chi connectivity index (χ1) is 9.05. The highest BCUT2D eigenvalue weighted by Gasteiger charge is 2.52. The highest BCUT2D eigenvalue weighted by Crippen LogP contribution is 2.51. The third-order valence-corrected chi connectivity index (χ3v) is 3.29. The van der Waals surface area contributed by atoms with E-state index in [1.807, 2.05) is 0 Å². The molecule has 1 atom stereocenters. The first-order valence-electron chi connectivity index (χ1n) is 5.96. The number of benzene rings is 1. The second-order valence-electron chi connectivity index (χ2n) is 5.10. The fourth-order valence-corrected chi connectivity index (χ4v) is 2.59. The molecule has 0 bridgehead atoms. The average molecular weight is 298 g/mol. The van der Waals surface area contributed by atoms with Gasteiger partial charge in [0.1, 0.15) is 11.6 Å². The summed E-state index contributed by atoms with van der Waals surface area (Å²) in [6.07, 6.45) is -5.06. The normalized spacial score (nSPS) is 21.6. The lowest BCUT2D eigenvalue weighted by molar-refractivity contribution is -0.144. The van der Waals surface area contributed by atoms with Crippen molar-refractivity contribution in [3.8, 4) is 5.75 Å². The lowest BCUT2D eigenvalue weighted by Crippen LogP contribution is -2.41. The maximum absolute atomic E-state index is 13.9. The molecule has 0 saturated carbocycles. The quantitative estimate of drug-likeness (QED) is 0.688. The second kappa shape index (κ2) is 4.56. The van der Waals surface area contributed by atoms with Crippen LogP contribution in [-0.2, 0) is 6.18 Å². The van der Waals surface area contributed by atoms with Crippen LogP contribution >= 0.6 is 0 Å². The minimum Gasteiger partial charge on any atom is -0.487 e. The fourth-order valence-electron chi connectivity index (χ4n) is 2.59. The molecule has 7 heteroatoms. The molecule has 1 aromatic rings. The van der Waals surface area contributed by atoms with Gasteiger partial charge in [0.2, 0.25) is 0 Å². The number of alkyl halides is 5. The SMILES string of the molecule is CC(C)C1c2c(ccc(F)c2C(F)(F)F)OCC1(F)F. The summed E-state index contributed by atoms with van der Waals surface area (Å²) in [7, 11) is 0. The van der Waals surface area contributed by atoms with Crippen LogP contribution in [0.1, 0.15) is 30.9 Å². The summed E-state index contributed by atoms with van der Waals surface area (Å²) >= 11 is 0. The fraction of sp³-hybridized carbons (Fsp3) is 0.538. The molecule has 1 unspecified atom stereocenters. The summed E-state index contributed by atoms with van der Waals surface area (Å²) in [4.78, 5) is 0. The third-order valence-electron chi connectivity index (χ3n) is 3.29. The van der Waals surface area contributed by atoms with E-state index in [-0.39, 0.29) is 5.75 Å². The maximum atomic E-state index is 13.9. The van der Waals surface area contributed by atoms with Gasteiger partial charge in [0.15, 0.2) is 6.61 Å². The lowest BCUT2D eigenvalue weighted by Gasteiger charge is -2.37. The summed E-state index contributed by atoms with van der Waals surface area (Å²) in [5.74, 6) is -7.91. The summed E-state index contributed by atoms with van der Waals surface area (Å²) in [5, 5.41) is 0. The Kier molecular flexibility index (Phi) is 3.42. The molecule has 0 fully saturated rings. The third kappa shape index (κ3) is 2.33. The van der Waals surface area contributed by atoms with Gasteiger partial charge in [0.05, 0.1) is 11.5 Å². The van der Waals surface area contributed by atoms with E-state index in [1.165, 1.54) is 13.8 Å². The zero-order chi connectivity index (χ0) is 15.3. The van der Waals surface area contributed by atoms with Gasteiger partial charge in [-0.1, -0.05) is 13.8 Å². The highest BCUT2D eigenvalue weighted by atomic mass is 19.4. The Morgan fingerprint density at radius 1 is 1.25 bits per heavy atom. The topological polar surface area (TPSA) is 9.23 Å². The Hall–Kier alpha value is -1.40. The summed E-state index contributed by atoms with van der Waals surface area (Å²) in [5.41, 5.74) is -2.45. The smallest absolute Gasteiger partial charge is 0.419 e. The largest absolute Gasteiger partial charge is 0.487 e. The van der Waals surface area contributed by atoms with Crippen molar-refractivity contribution in [2.75, 3.05) is 6.61 Å². The van der Waals surface area contributed by atoms with Crippen LogP contribution in [0.4, 0.5) is 26.3 Å². The van der Waals surface area contributed by atoms with Crippen molar-refractivity contribution in [1.29, 1.82) is 0 Å².